The van der Waals surface area contributed by atoms with Gasteiger partial charge in [0.2, 0.25) is 0 Å². The van der Waals surface area contributed by atoms with Crippen LogP contribution in [0, 0.1) is 5.92 Å². The Morgan fingerprint density at radius 2 is 2.33 bits per heavy atom. The van der Waals surface area contributed by atoms with Crippen LogP contribution in [0.3, 0.4) is 0 Å². The molecule has 1 aromatic carbocycles. The van der Waals surface area contributed by atoms with Gasteiger partial charge in [0.15, 0.2) is 0 Å². The molecular formula is C16H24N2O3. The number of anilines is 1. The van der Waals surface area contributed by atoms with Crippen LogP contribution in [0.2, 0.25) is 0 Å². The molecule has 0 aromatic heterocycles. The zero-order valence-electron chi connectivity index (χ0n) is 12.8. The van der Waals surface area contributed by atoms with E-state index in [2.05, 4.69) is 16.3 Å². The minimum atomic E-state index is -0.704. The van der Waals surface area contributed by atoms with E-state index in [0.717, 1.165) is 42.9 Å². The third-order valence-electron chi connectivity index (χ3n) is 3.82. The van der Waals surface area contributed by atoms with E-state index in [0.29, 0.717) is 13.2 Å². The number of carboxylic acid groups (broad SMARTS) is 1. The van der Waals surface area contributed by atoms with Gasteiger partial charge in [-0.05, 0) is 44.5 Å². The van der Waals surface area contributed by atoms with Gasteiger partial charge >= 0.3 is 5.97 Å². The lowest BCUT2D eigenvalue weighted by molar-refractivity contribution is -0.141. The molecule has 1 aliphatic rings. The first-order valence-corrected chi connectivity index (χ1v) is 7.53. The molecular weight excluding hydrogens is 268 g/mol. The summed E-state index contributed by atoms with van der Waals surface area (Å²) in [5.74, 6) is -0.147. The number of ether oxygens (including phenoxy) is 1. The predicted molar refractivity (Wildman–Crippen MR) is 82.9 cm³/mol. The number of nitrogens with zero attached hydrogens (tertiary/aromatic N) is 1. The van der Waals surface area contributed by atoms with E-state index in [-0.39, 0.29) is 5.92 Å². The van der Waals surface area contributed by atoms with E-state index < -0.39 is 5.97 Å². The van der Waals surface area contributed by atoms with Crippen LogP contribution in [0.1, 0.15) is 25.3 Å². The van der Waals surface area contributed by atoms with Crippen molar-refractivity contribution in [3.63, 3.8) is 0 Å². The number of piperidine rings is 1. The molecule has 1 aromatic rings. The summed E-state index contributed by atoms with van der Waals surface area (Å²) in [4.78, 5) is 13.4. The summed E-state index contributed by atoms with van der Waals surface area (Å²) < 4.78 is 5.76. The smallest absolute Gasteiger partial charge is 0.308 e. The number of nitrogens with one attached hydrogen (secondary N) is 1. The van der Waals surface area contributed by atoms with Crippen LogP contribution in [0.4, 0.5) is 5.69 Å². The Hall–Kier alpha value is -1.75. The Morgan fingerprint density at radius 3 is 3.00 bits per heavy atom. The van der Waals surface area contributed by atoms with Gasteiger partial charge in [-0.1, -0.05) is 6.07 Å². The van der Waals surface area contributed by atoms with Crippen LogP contribution in [0.15, 0.2) is 18.2 Å². The fraction of sp³-hybridized carbons (Fsp3) is 0.562. The molecule has 1 fully saturated rings. The van der Waals surface area contributed by atoms with Gasteiger partial charge in [0, 0.05) is 19.6 Å². The summed E-state index contributed by atoms with van der Waals surface area (Å²) in [5, 5.41) is 12.4. The van der Waals surface area contributed by atoms with Crippen molar-refractivity contribution >= 4 is 11.7 Å². The van der Waals surface area contributed by atoms with Crippen molar-refractivity contribution in [1.29, 1.82) is 0 Å². The lowest BCUT2D eigenvalue weighted by Gasteiger charge is -2.33. The van der Waals surface area contributed by atoms with Gasteiger partial charge in [-0.25, -0.2) is 0 Å². The standard InChI is InChI=1S/C16H24N2O3/c1-3-21-15-9-12(10-17-2)6-7-14(15)18-8-4-5-13(11-18)16(19)20/h6-7,9,13,17H,3-5,8,10-11H2,1-2H3,(H,19,20). The van der Waals surface area contributed by atoms with Crippen LogP contribution in [-0.2, 0) is 11.3 Å². The molecule has 5 heteroatoms. The molecule has 0 amide bonds. The zero-order valence-corrected chi connectivity index (χ0v) is 12.8. The number of hydrogen-bond acceptors (Lipinski definition) is 4. The van der Waals surface area contributed by atoms with Crippen molar-refractivity contribution in [3.05, 3.63) is 23.8 Å². The van der Waals surface area contributed by atoms with Gasteiger partial charge < -0.3 is 20.1 Å². The maximum absolute atomic E-state index is 11.2. The molecule has 1 atom stereocenters. The average molecular weight is 292 g/mol. The second-order valence-electron chi connectivity index (χ2n) is 5.39. The fourth-order valence-electron chi connectivity index (χ4n) is 2.80. The second-order valence-corrected chi connectivity index (χ2v) is 5.39. The van der Waals surface area contributed by atoms with Crippen molar-refractivity contribution < 1.29 is 14.6 Å². The Kier molecular flexibility index (Phi) is 5.44. The number of aliphatic carboxylic acids is 1. The molecule has 1 aliphatic heterocycles. The largest absolute Gasteiger partial charge is 0.492 e. The highest BCUT2D eigenvalue weighted by Crippen LogP contribution is 2.33. The average Bonchev–Trinajstić information content (AvgIpc) is 2.48. The first-order valence-electron chi connectivity index (χ1n) is 7.53. The van der Waals surface area contributed by atoms with Crippen molar-refractivity contribution in [2.45, 2.75) is 26.3 Å². The van der Waals surface area contributed by atoms with Gasteiger partial charge in [0.05, 0.1) is 18.2 Å². The number of carbonyl (C=O) groups is 1. The molecule has 2 N–H and O–H groups in total. The molecule has 0 saturated carbocycles. The van der Waals surface area contributed by atoms with Crippen molar-refractivity contribution in [3.8, 4) is 5.75 Å². The van der Waals surface area contributed by atoms with Gasteiger partial charge in [-0.3, -0.25) is 4.79 Å². The Bertz CT molecular complexity index is 490. The SMILES string of the molecule is CCOc1cc(CNC)ccc1N1CCCC(C(=O)O)C1. The number of carboxylic acids is 1. The normalized spacial score (nSPS) is 18.6. The van der Waals surface area contributed by atoms with Crippen molar-refractivity contribution in [2.24, 2.45) is 5.92 Å². The zero-order chi connectivity index (χ0) is 15.2. The third kappa shape index (κ3) is 3.88. The molecule has 1 unspecified atom stereocenters. The first kappa shape index (κ1) is 15.6. The van der Waals surface area contributed by atoms with E-state index in [1.165, 1.54) is 0 Å². The molecule has 21 heavy (non-hydrogen) atoms. The van der Waals surface area contributed by atoms with E-state index >= 15 is 0 Å². The Balaban J connectivity index is 2.22. The predicted octanol–water partition coefficient (Wildman–Crippen LogP) is 2.11. The summed E-state index contributed by atoms with van der Waals surface area (Å²) in [6, 6.07) is 6.15. The van der Waals surface area contributed by atoms with Crippen LogP contribution in [0.5, 0.6) is 5.75 Å². The van der Waals surface area contributed by atoms with Crippen LogP contribution in [-0.4, -0.2) is 37.8 Å². The molecule has 0 bridgehead atoms. The Morgan fingerprint density at radius 1 is 1.52 bits per heavy atom. The molecule has 5 nitrogen and oxygen atoms in total. The van der Waals surface area contributed by atoms with Crippen molar-refractivity contribution in [1.82, 2.24) is 5.32 Å². The summed E-state index contributed by atoms with van der Waals surface area (Å²) >= 11 is 0. The molecule has 1 saturated heterocycles. The third-order valence-corrected chi connectivity index (χ3v) is 3.82. The lowest BCUT2D eigenvalue weighted by atomic mass is 9.97. The van der Waals surface area contributed by atoms with Gasteiger partial charge in [-0.2, -0.15) is 0 Å². The summed E-state index contributed by atoms with van der Waals surface area (Å²) in [5.41, 5.74) is 2.17. The molecule has 0 spiro atoms. The van der Waals surface area contributed by atoms with Crippen LogP contribution < -0.4 is 15.0 Å². The summed E-state index contributed by atoms with van der Waals surface area (Å²) in [6.45, 7) is 4.80. The molecule has 0 radical (unpaired) electrons. The topological polar surface area (TPSA) is 61.8 Å². The Labute approximate surface area is 125 Å². The minimum Gasteiger partial charge on any atom is -0.492 e. The van der Waals surface area contributed by atoms with E-state index in [1.807, 2.05) is 26.1 Å². The monoisotopic (exact) mass is 292 g/mol. The number of rotatable bonds is 6. The van der Waals surface area contributed by atoms with E-state index in [9.17, 15) is 9.90 Å². The van der Waals surface area contributed by atoms with Gasteiger partial charge in [0.25, 0.3) is 0 Å². The molecule has 0 aliphatic carbocycles. The second kappa shape index (κ2) is 7.31. The van der Waals surface area contributed by atoms with Gasteiger partial charge in [-0.15, -0.1) is 0 Å². The molecule has 116 valence electrons. The molecule has 1 heterocycles. The number of benzene rings is 1. The van der Waals surface area contributed by atoms with Crippen LogP contribution in [0.25, 0.3) is 0 Å². The van der Waals surface area contributed by atoms with E-state index in [1.54, 1.807) is 0 Å². The minimum absolute atomic E-state index is 0.287. The number of hydrogen-bond donors (Lipinski definition) is 2. The molecule has 2 rings (SSSR count). The lowest BCUT2D eigenvalue weighted by Crippen LogP contribution is -2.38. The highest BCUT2D eigenvalue weighted by atomic mass is 16.5. The first-order chi connectivity index (χ1) is 10.2. The maximum atomic E-state index is 11.2. The highest BCUT2D eigenvalue weighted by molar-refractivity contribution is 5.72. The van der Waals surface area contributed by atoms with Gasteiger partial charge in [0.1, 0.15) is 5.75 Å². The van der Waals surface area contributed by atoms with Crippen LogP contribution >= 0.6 is 0 Å². The maximum Gasteiger partial charge on any atom is 0.308 e. The quantitative estimate of drug-likeness (QED) is 0.841. The summed E-state index contributed by atoms with van der Waals surface area (Å²) in [7, 11) is 1.91. The fourth-order valence-corrected chi connectivity index (χ4v) is 2.80. The van der Waals surface area contributed by atoms with Crippen molar-refractivity contribution in [2.75, 3.05) is 31.6 Å². The van der Waals surface area contributed by atoms with E-state index in [4.69, 9.17) is 4.74 Å². The highest BCUT2D eigenvalue weighted by Gasteiger charge is 2.26. The summed E-state index contributed by atoms with van der Waals surface area (Å²) in [6.07, 6.45) is 1.66.